The lowest BCUT2D eigenvalue weighted by Gasteiger charge is -2.32. The summed E-state index contributed by atoms with van der Waals surface area (Å²) in [7, 11) is 0. The molecule has 2 N–H and O–H groups in total. The smallest absolute Gasteiger partial charge is 0.322 e. The first kappa shape index (κ1) is 25.0. The van der Waals surface area contributed by atoms with Gasteiger partial charge in [-0.3, -0.25) is 9.36 Å². The van der Waals surface area contributed by atoms with Crippen molar-refractivity contribution >= 4 is 23.1 Å². The van der Waals surface area contributed by atoms with E-state index in [9.17, 15) is 14.7 Å². The average molecular weight is 494 g/mol. The van der Waals surface area contributed by atoms with E-state index in [1.54, 1.807) is 0 Å². The third-order valence-electron chi connectivity index (χ3n) is 6.91. The largest absolute Gasteiger partial charge is 0.494 e. The molecule has 6 nitrogen and oxygen atoms in total. The highest BCUT2D eigenvalue weighted by molar-refractivity contribution is 7.07. The Balaban J connectivity index is 1.54. The normalized spacial score (nSPS) is 14.5. The van der Waals surface area contributed by atoms with Crippen LogP contribution in [0.4, 0.5) is 10.5 Å². The fourth-order valence-electron chi connectivity index (χ4n) is 5.09. The number of aryl methyl sites for hydroxylation is 3. The first-order valence-electron chi connectivity index (χ1n) is 12.4. The van der Waals surface area contributed by atoms with Gasteiger partial charge >= 0.3 is 10.9 Å². The molecule has 0 aliphatic heterocycles. The maximum absolute atomic E-state index is 13.6. The molecule has 2 amide bonds. The number of nitrogens with one attached hydrogen (secondary N) is 1. The van der Waals surface area contributed by atoms with Crippen molar-refractivity contribution in [3.63, 3.8) is 0 Å². The van der Waals surface area contributed by atoms with Crippen LogP contribution in [0, 0.1) is 20.8 Å². The number of aromatic nitrogens is 1. The number of amides is 2. The number of aromatic hydroxyl groups is 1. The summed E-state index contributed by atoms with van der Waals surface area (Å²) in [5.41, 5.74) is 6.22. The SMILES string of the molecule is Cc1cc(C)c(NC(=O)N(Cc2ccc(Cn3c(O)csc3=O)cc2)C2CCCCCC2)c(C)c1. The van der Waals surface area contributed by atoms with Gasteiger partial charge in [-0.05, 0) is 55.9 Å². The van der Waals surface area contributed by atoms with Crippen LogP contribution in [0.1, 0.15) is 66.3 Å². The molecule has 186 valence electrons. The van der Waals surface area contributed by atoms with Crippen LogP contribution in [0.2, 0.25) is 0 Å². The van der Waals surface area contributed by atoms with Crippen molar-refractivity contribution in [2.75, 3.05) is 5.32 Å². The topological polar surface area (TPSA) is 74.6 Å². The summed E-state index contributed by atoms with van der Waals surface area (Å²) < 4.78 is 1.36. The van der Waals surface area contributed by atoms with Crippen LogP contribution in [-0.2, 0) is 13.1 Å². The number of benzene rings is 2. The van der Waals surface area contributed by atoms with Crippen LogP contribution in [0.5, 0.6) is 5.88 Å². The molecule has 0 unspecified atom stereocenters. The minimum absolute atomic E-state index is 0.0121. The molecule has 1 aliphatic rings. The molecule has 1 aromatic heterocycles. The number of nitrogens with zero attached hydrogens (tertiary/aromatic N) is 2. The van der Waals surface area contributed by atoms with Crippen molar-refractivity contribution in [3.05, 3.63) is 79.3 Å². The van der Waals surface area contributed by atoms with Crippen LogP contribution in [0.25, 0.3) is 0 Å². The highest BCUT2D eigenvalue weighted by atomic mass is 32.1. The molecule has 3 aromatic rings. The quantitative estimate of drug-likeness (QED) is 0.393. The Morgan fingerprint density at radius 1 is 1.03 bits per heavy atom. The summed E-state index contributed by atoms with van der Waals surface area (Å²) in [6, 6.07) is 12.3. The zero-order chi connectivity index (χ0) is 24.9. The maximum Gasteiger partial charge on any atom is 0.322 e. The van der Waals surface area contributed by atoms with E-state index < -0.39 is 0 Å². The maximum atomic E-state index is 13.6. The number of thiazole rings is 1. The van der Waals surface area contributed by atoms with E-state index in [4.69, 9.17) is 0 Å². The Hall–Kier alpha value is -3.06. The average Bonchev–Trinajstić information content (AvgIpc) is 3.01. The zero-order valence-corrected chi connectivity index (χ0v) is 21.7. The molecular formula is C28H35N3O3S. The van der Waals surface area contributed by atoms with Gasteiger partial charge in [-0.1, -0.05) is 79.0 Å². The summed E-state index contributed by atoms with van der Waals surface area (Å²) >= 11 is 0.992. The van der Waals surface area contributed by atoms with Gasteiger partial charge in [-0.15, -0.1) is 0 Å². The van der Waals surface area contributed by atoms with Gasteiger partial charge in [0.25, 0.3) is 0 Å². The van der Waals surface area contributed by atoms with E-state index in [2.05, 4.69) is 24.4 Å². The molecule has 4 rings (SSSR count). The zero-order valence-electron chi connectivity index (χ0n) is 20.8. The van der Waals surface area contributed by atoms with E-state index >= 15 is 0 Å². The molecule has 0 bridgehead atoms. The van der Waals surface area contributed by atoms with E-state index in [-0.39, 0.29) is 22.8 Å². The molecule has 1 fully saturated rings. The predicted molar refractivity (Wildman–Crippen MR) is 142 cm³/mol. The van der Waals surface area contributed by atoms with Crippen LogP contribution >= 0.6 is 11.3 Å². The van der Waals surface area contributed by atoms with Gasteiger partial charge in [-0.25, -0.2) is 4.79 Å². The van der Waals surface area contributed by atoms with Gasteiger partial charge in [0, 0.05) is 18.3 Å². The van der Waals surface area contributed by atoms with Crippen molar-refractivity contribution in [1.29, 1.82) is 0 Å². The second-order valence-corrected chi connectivity index (χ2v) is 10.6. The van der Waals surface area contributed by atoms with Crippen molar-refractivity contribution in [1.82, 2.24) is 9.47 Å². The summed E-state index contributed by atoms with van der Waals surface area (Å²) in [6.07, 6.45) is 6.80. The summed E-state index contributed by atoms with van der Waals surface area (Å²) in [6.45, 7) is 7.02. The molecular weight excluding hydrogens is 458 g/mol. The molecule has 1 aliphatic carbocycles. The Morgan fingerprint density at radius 3 is 2.20 bits per heavy atom. The summed E-state index contributed by atoms with van der Waals surface area (Å²) in [4.78, 5) is 27.4. The first-order valence-corrected chi connectivity index (χ1v) is 13.3. The van der Waals surface area contributed by atoms with E-state index in [0.717, 1.165) is 65.0 Å². The lowest BCUT2D eigenvalue weighted by Crippen LogP contribution is -2.42. The van der Waals surface area contributed by atoms with Crippen LogP contribution < -0.4 is 10.2 Å². The van der Waals surface area contributed by atoms with Gasteiger partial charge < -0.3 is 15.3 Å². The van der Waals surface area contributed by atoms with Crippen molar-refractivity contribution in [2.24, 2.45) is 0 Å². The van der Waals surface area contributed by atoms with E-state index in [0.29, 0.717) is 13.1 Å². The lowest BCUT2D eigenvalue weighted by atomic mass is 10.0. The molecule has 35 heavy (non-hydrogen) atoms. The van der Waals surface area contributed by atoms with Crippen molar-refractivity contribution < 1.29 is 9.90 Å². The number of urea groups is 1. The third kappa shape index (κ3) is 6.14. The first-order chi connectivity index (χ1) is 16.8. The minimum atomic E-state index is -0.176. The molecule has 0 saturated heterocycles. The molecule has 0 spiro atoms. The Kier molecular flexibility index (Phi) is 7.96. The Morgan fingerprint density at radius 2 is 1.63 bits per heavy atom. The number of hydrogen-bond acceptors (Lipinski definition) is 4. The molecule has 0 radical (unpaired) electrons. The number of anilines is 1. The van der Waals surface area contributed by atoms with Gasteiger partial charge in [-0.2, -0.15) is 0 Å². The minimum Gasteiger partial charge on any atom is -0.494 e. The summed E-state index contributed by atoms with van der Waals surface area (Å²) in [5, 5.41) is 14.6. The van der Waals surface area contributed by atoms with Gasteiger partial charge in [0.2, 0.25) is 5.88 Å². The predicted octanol–water partition coefficient (Wildman–Crippen LogP) is 6.35. The third-order valence-corrected chi connectivity index (χ3v) is 7.66. The molecule has 7 heteroatoms. The van der Waals surface area contributed by atoms with Gasteiger partial charge in [0.15, 0.2) is 0 Å². The van der Waals surface area contributed by atoms with E-state index in [1.807, 2.05) is 43.0 Å². The lowest BCUT2D eigenvalue weighted by molar-refractivity contribution is 0.175. The van der Waals surface area contributed by atoms with E-state index in [1.165, 1.54) is 28.4 Å². The number of carbonyl (C=O) groups excluding carboxylic acids is 1. The molecule has 2 aromatic carbocycles. The highest BCUT2D eigenvalue weighted by Gasteiger charge is 2.26. The van der Waals surface area contributed by atoms with Crippen LogP contribution in [0.3, 0.4) is 0 Å². The molecule has 1 heterocycles. The molecule has 0 atom stereocenters. The summed E-state index contributed by atoms with van der Waals surface area (Å²) in [5.74, 6) is -0.0121. The Labute approximate surface area is 211 Å². The highest BCUT2D eigenvalue weighted by Crippen LogP contribution is 2.27. The van der Waals surface area contributed by atoms with Gasteiger partial charge in [0.05, 0.1) is 11.9 Å². The number of carbonyl (C=O) groups is 1. The van der Waals surface area contributed by atoms with Crippen molar-refractivity contribution in [3.8, 4) is 5.88 Å². The van der Waals surface area contributed by atoms with Crippen molar-refractivity contribution in [2.45, 2.75) is 78.4 Å². The number of rotatable bonds is 6. The standard InChI is InChI=1S/C28H35N3O3S/c1-19-14-20(2)26(21(3)15-19)29-27(33)30(24-8-6-4-5-7-9-24)16-22-10-12-23(13-11-22)17-31-25(32)18-35-28(31)34/h10-15,18,24,32H,4-9,16-17H2,1-3H3,(H,29,33). The Bertz CT molecular complexity index is 1200. The van der Waals surface area contributed by atoms with Crippen LogP contribution in [-0.4, -0.2) is 26.6 Å². The second kappa shape index (κ2) is 11.1. The number of hydrogen-bond donors (Lipinski definition) is 2. The molecule has 1 saturated carbocycles. The fourth-order valence-corrected chi connectivity index (χ4v) is 5.71. The van der Waals surface area contributed by atoms with Gasteiger partial charge in [0.1, 0.15) is 0 Å². The second-order valence-electron chi connectivity index (χ2n) is 9.74. The fraction of sp³-hybridized carbons (Fsp3) is 0.429. The van der Waals surface area contributed by atoms with Crippen LogP contribution in [0.15, 0.2) is 46.6 Å². The monoisotopic (exact) mass is 493 g/mol.